The van der Waals surface area contributed by atoms with Gasteiger partial charge in [0.2, 0.25) is 0 Å². The molecule has 0 unspecified atom stereocenters. The van der Waals surface area contributed by atoms with E-state index in [4.69, 9.17) is 40.2 Å². The van der Waals surface area contributed by atoms with Crippen LogP contribution in [0, 0.1) is 13.8 Å². The predicted octanol–water partition coefficient (Wildman–Crippen LogP) is 10.7. The molecule has 4 rings (SSSR count). The van der Waals surface area contributed by atoms with Crippen LogP contribution in [-0.4, -0.2) is 9.52 Å². The SMILES string of the molecule is C[Si]C.Cc1cc2c(Br)cc(Cl)cc2[cH-]1.Cc1cc2c(Br)cc(Cl)cc2[cH-]1.[Cl][Zr+2][Cl]. The molecule has 8 heteroatoms. The molecule has 2 radical (unpaired) electrons. The quantitative estimate of drug-likeness (QED) is 0.126. The van der Waals surface area contributed by atoms with Crippen LogP contribution in [0.2, 0.25) is 23.1 Å². The fourth-order valence-corrected chi connectivity index (χ4v) is 4.68. The third-order valence-corrected chi connectivity index (χ3v) is 5.51. The molecule has 0 aromatic heterocycles. The molecule has 0 N–H and O–H groups in total. The van der Waals surface area contributed by atoms with Gasteiger partial charge in [-0.3, -0.25) is 0 Å². The number of hydrogen-bond donors (Lipinski definition) is 0. The second-order valence-electron chi connectivity index (χ2n) is 6.42. The van der Waals surface area contributed by atoms with E-state index in [2.05, 4.69) is 83.1 Å². The van der Waals surface area contributed by atoms with Gasteiger partial charge in [-0.15, -0.1) is 56.9 Å². The minimum absolute atomic E-state index is 0.778. The van der Waals surface area contributed by atoms with Gasteiger partial charge in [-0.25, -0.2) is 0 Å². The molecule has 0 saturated heterocycles. The second-order valence-corrected chi connectivity index (χ2v) is 13.7. The number of aryl methyl sites for hydroxylation is 2. The molecule has 30 heavy (non-hydrogen) atoms. The van der Waals surface area contributed by atoms with Crippen molar-refractivity contribution in [2.45, 2.75) is 26.9 Å². The number of fused-ring (bicyclic) bond motifs is 2. The van der Waals surface area contributed by atoms with Crippen molar-refractivity contribution in [1.82, 2.24) is 0 Å². The van der Waals surface area contributed by atoms with E-state index in [1.54, 1.807) is 0 Å². The molecule has 0 saturated carbocycles. The van der Waals surface area contributed by atoms with Crippen LogP contribution in [0.25, 0.3) is 21.5 Å². The zero-order valence-electron chi connectivity index (χ0n) is 16.9. The van der Waals surface area contributed by atoms with E-state index in [0.717, 1.165) is 28.5 Å². The molecule has 158 valence electrons. The number of halogens is 6. The predicted molar refractivity (Wildman–Crippen MR) is 143 cm³/mol. The van der Waals surface area contributed by atoms with Crippen LogP contribution < -0.4 is 0 Å². The van der Waals surface area contributed by atoms with Crippen LogP contribution in [0.15, 0.2) is 57.5 Å². The fourth-order valence-electron chi connectivity index (χ4n) is 2.78. The molecule has 0 fully saturated rings. The summed E-state index contributed by atoms with van der Waals surface area (Å²) in [6.07, 6.45) is 0. The molecule has 0 bridgehead atoms. The molecule has 4 aromatic rings. The maximum absolute atomic E-state index is 5.90. The number of benzene rings is 2. The third kappa shape index (κ3) is 9.40. The Labute approximate surface area is 227 Å². The van der Waals surface area contributed by atoms with E-state index < -0.39 is 20.8 Å². The molecule has 0 aliphatic carbocycles. The molecule has 0 aliphatic rings. The molecule has 0 aliphatic heterocycles. The summed E-state index contributed by atoms with van der Waals surface area (Å²) in [5.74, 6) is 0. The Hall–Kier alpha value is 0.880. The summed E-state index contributed by atoms with van der Waals surface area (Å²) >= 11 is 17.9. The van der Waals surface area contributed by atoms with Gasteiger partial charge in [0.15, 0.2) is 0 Å². The van der Waals surface area contributed by atoms with Gasteiger partial charge in [-0.1, -0.05) is 82.0 Å². The molecule has 4 aromatic carbocycles. The Morgan fingerprint density at radius 1 is 0.733 bits per heavy atom. The van der Waals surface area contributed by atoms with Crippen molar-refractivity contribution in [3.05, 3.63) is 78.6 Å². The van der Waals surface area contributed by atoms with Gasteiger partial charge < -0.3 is 0 Å². The van der Waals surface area contributed by atoms with E-state index in [1.165, 1.54) is 32.7 Å². The molecular formula is C22H20Br2Cl4SiZr. The molecule has 0 spiro atoms. The average Bonchev–Trinajstić information content (AvgIpc) is 3.18. The Kier molecular flexibility index (Phi) is 14.4. The van der Waals surface area contributed by atoms with E-state index in [9.17, 15) is 0 Å². The first-order chi connectivity index (χ1) is 14.2. The van der Waals surface area contributed by atoms with Crippen LogP contribution in [0.3, 0.4) is 0 Å². The first-order valence-corrected chi connectivity index (χ1v) is 19.4. The van der Waals surface area contributed by atoms with Gasteiger partial charge in [-0.2, -0.15) is 12.1 Å². The normalized spacial score (nSPS) is 9.67. The van der Waals surface area contributed by atoms with Crippen LogP contribution in [0.1, 0.15) is 11.1 Å². The third-order valence-electron chi connectivity index (χ3n) is 3.76. The minimum atomic E-state index is -0.826. The first-order valence-electron chi connectivity index (χ1n) is 8.75. The van der Waals surface area contributed by atoms with E-state index in [-0.39, 0.29) is 0 Å². The van der Waals surface area contributed by atoms with Crippen molar-refractivity contribution >= 4 is 103 Å². The van der Waals surface area contributed by atoms with E-state index in [1.807, 2.05) is 24.3 Å². The van der Waals surface area contributed by atoms with Crippen LogP contribution >= 0.6 is 72.1 Å². The standard InChI is InChI=1S/2C10H7BrCl.C2H6Si.2ClH.Zr/c2*1-6-2-7-4-8(12)5-10(11)9(7)3-6;1-3-2;;;/h2*2-5H,1H3;1-2H3;2*1H;/q2*-1;;;;+4/p-2. The summed E-state index contributed by atoms with van der Waals surface area (Å²) in [4.78, 5) is 0. The monoisotopic (exact) mass is 700 g/mol. The first kappa shape index (κ1) is 28.9. The summed E-state index contributed by atoms with van der Waals surface area (Å²) in [7, 11) is 11.0. The van der Waals surface area contributed by atoms with Crippen LogP contribution in [0.5, 0.6) is 0 Å². The molecule has 0 heterocycles. The summed E-state index contributed by atoms with van der Waals surface area (Å²) in [5.41, 5.74) is 2.54. The van der Waals surface area contributed by atoms with Crippen molar-refractivity contribution in [3.8, 4) is 0 Å². The van der Waals surface area contributed by atoms with Crippen molar-refractivity contribution in [3.63, 3.8) is 0 Å². The zero-order valence-corrected chi connectivity index (χ0v) is 26.5. The summed E-state index contributed by atoms with van der Waals surface area (Å²) < 4.78 is 2.14. The van der Waals surface area contributed by atoms with Gasteiger partial charge >= 0.3 is 37.9 Å². The zero-order chi connectivity index (χ0) is 22.8. The van der Waals surface area contributed by atoms with Crippen LogP contribution in [0.4, 0.5) is 0 Å². The Bertz CT molecular complexity index is 990. The van der Waals surface area contributed by atoms with Gasteiger partial charge in [-0.05, 0) is 21.1 Å². The topological polar surface area (TPSA) is 0 Å². The molecule has 0 amide bonds. The Morgan fingerprint density at radius 2 is 1.03 bits per heavy atom. The Morgan fingerprint density at radius 3 is 1.33 bits per heavy atom. The number of rotatable bonds is 0. The summed E-state index contributed by atoms with van der Waals surface area (Å²) in [6.45, 7) is 8.47. The van der Waals surface area contributed by atoms with Crippen molar-refractivity contribution in [1.29, 1.82) is 0 Å². The van der Waals surface area contributed by atoms with Gasteiger partial charge in [0.1, 0.15) is 0 Å². The van der Waals surface area contributed by atoms with E-state index in [0.29, 0.717) is 0 Å². The van der Waals surface area contributed by atoms with Crippen molar-refractivity contribution < 1.29 is 20.8 Å². The van der Waals surface area contributed by atoms with E-state index >= 15 is 0 Å². The number of hydrogen-bond acceptors (Lipinski definition) is 0. The fraction of sp³-hybridized carbons (Fsp3) is 0.182. The van der Waals surface area contributed by atoms with Crippen molar-refractivity contribution in [2.24, 2.45) is 0 Å². The summed E-state index contributed by atoms with van der Waals surface area (Å²) in [6, 6.07) is 16.4. The average molecular weight is 705 g/mol. The second kappa shape index (κ2) is 14.9. The van der Waals surface area contributed by atoms with Gasteiger partial charge in [0.25, 0.3) is 0 Å². The molecule has 0 nitrogen and oxygen atoms in total. The summed E-state index contributed by atoms with van der Waals surface area (Å²) in [5, 5.41) is 6.42. The molecule has 0 atom stereocenters. The van der Waals surface area contributed by atoms with Crippen molar-refractivity contribution in [2.75, 3.05) is 0 Å². The van der Waals surface area contributed by atoms with Crippen LogP contribution in [-0.2, 0) is 20.8 Å². The maximum atomic E-state index is 5.90. The molecular weight excluding hydrogens is 685 g/mol. The van der Waals surface area contributed by atoms with Gasteiger partial charge in [0, 0.05) is 19.6 Å². The van der Waals surface area contributed by atoms with Gasteiger partial charge in [0.05, 0.1) is 0 Å². The Balaban J connectivity index is 0.000000239.